The number of quaternary nitrogens is 1. The molecule has 1 amide bonds. The zero-order valence-corrected chi connectivity index (χ0v) is 7.27. The summed E-state index contributed by atoms with van der Waals surface area (Å²) in [5.41, 5.74) is 3.16. The van der Waals surface area contributed by atoms with Crippen LogP contribution in [0.4, 0.5) is 13.2 Å². The van der Waals surface area contributed by atoms with Crippen LogP contribution in [0.1, 0.15) is 0 Å². The van der Waals surface area contributed by atoms with Crippen LogP contribution < -0.4 is 5.73 Å². The van der Waals surface area contributed by atoms with Crippen LogP contribution in [0.5, 0.6) is 0 Å². The fourth-order valence-electron chi connectivity index (χ4n) is 0.524. The number of hydroxylamine groups is 2. The Morgan fingerprint density at radius 3 is 2.38 bits per heavy atom. The fourth-order valence-corrected chi connectivity index (χ4v) is 0.656. The van der Waals surface area contributed by atoms with Crippen LogP contribution in [0.2, 0.25) is 0 Å². The predicted molar refractivity (Wildman–Crippen MR) is 37.0 cm³/mol. The lowest BCUT2D eigenvalue weighted by molar-refractivity contribution is -0.402. The van der Waals surface area contributed by atoms with E-state index >= 15 is 0 Å². The van der Waals surface area contributed by atoms with E-state index < -0.39 is 29.7 Å². The predicted octanol–water partition coefficient (Wildman–Crippen LogP) is -0.384. The van der Waals surface area contributed by atoms with Gasteiger partial charge in [-0.3, -0.25) is 10.0 Å². The first-order valence-corrected chi connectivity index (χ1v) is 3.77. The van der Waals surface area contributed by atoms with Gasteiger partial charge in [0.05, 0.1) is 5.88 Å². The molecule has 0 radical (unpaired) electrons. The fraction of sp³-hybridized carbons (Fsp3) is 0.800. The van der Waals surface area contributed by atoms with Gasteiger partial charge < -0.3 is 5.73 Å². The maximum absolute atomic E-state index is 11.6. The number of hydrogen-bond acceptors (Lipinski definition) is 2. The molecule has 0 aliphatic carbocycles. The van der Waals surface area contributed by atoms with Gasteiger partial charge in [-0.05, 0) is 0 Å². The summed E-state index contributed by atoms with van der Waals surface area (Å²) in [6, 6.07) is -1.07. The first kappa shape index (κ1) is 12.5. The van der Waals surface area contributed by atoms with Crippen molar-refractivity contribution in [2.45, 2.75) is 12.2 Å². The molecule has 0 heterocycles. The molecule has 13 heavy (non-hydrogen) atoms. The smallest absolute Gasteiger partial charge is 0.346 e. The summed E-state index contributed by atoms with van der Waals surface area (Å²) in [6.45, 7) is -1.71. The van der Waals surface area contributed by atoms with Crippen molar-refractivity contribution in [1.29, 1.82) is 0 Å². The minimum absolute atomic E-state index is 0.242. The van der Waals surface area contributed by atoms with Crippen LogP contribution in [0.15, 0.2) is 0 Å². The Labute approximate surface area is 77.0 Å². The monoisotopic (exact) mass is 221 g/mol. The average molecular weight is 222 g/mol. The average Bonchev–Trinajstić information content (AvgIpc) is 1.98. The molecular weight excluding hydrogens is 213 g/mol. The number of alkyl halides is 4. The van der Waals surface area contributed by atoms with Crippen LogP contribution >= 0.6 is 11.6 Å². The second kappa shape index (κ2) is 4.64. The lowest BCUT2D eigenvalue weighted by Crippen LogP contribution is -2.69. The third kappa shape index (κ3) is 4.91. The molecule has 0 rings (SSSR count). The summed E-state index contributed by atoms with van der Waals surface area (Å²) >= 11 is 5.16. The topological polar surface area (TPSA) is 68.2 Å². The van der Waals surface area contributed by atoms with Gasteiger partial charge in [-0.25, -0.2) is 5.06 Å². The van der Waals surface area contributed by atoms with Gasteiger partial charge in [-0.2, -0.15) is 13.2 Å². The number of hydrogen-bond donors (Lipinski definition) is 2. The molecule has 0 spiro atoms. The van der Waals surface area contributed by atoms with Crippen LogP contribution in [-0.4, -0.2) is 40.8 Å². The second-order valence-electron chi connectivity index (χ2n) is 2.36. The number of rotatable bonds is 3. The number of nitrogens with zero attached hydrogens (tertiary/aromatic N) is 1. The molecule has 0 aromatic carbocycles. The Bertz CT molecular complexity index is 187. The summed E-state index contributed by atoms with van der Waals surface area (Å²) in [5.74, 6) is -1.39. The molecule has 0 aromatic heterocycles. The SMILES string of the molecule is [NH3+]C(CCl)C(=O)N(O)CC(F)(F)F. The third-order valence-electron chi connectivity index (χ3n) is 1.12. The van der Waals surface area contributed by atoms with Gasteiger partial charge in [0.2, 0.25) is 0 Å². The molecule has 0 saturated heterocycles. The highest BCUT2D eigenvalue weighted by Gasteiger charge is 2.34. The molecule has 78 valence electrons. The van der Waals surface area contributed by atoms with Gasteiger partial charge in [-0.15, -0.1) is 11.6 Å². The molecule has 4 nitrogen and oxygen atoms in total. The van der Waals surface area contributed by atoms with E-state index in [4.69, 9.17) is 16.8 Å². The maximum atomic E-state index is 11.6. The molecular formula is C5H9ClF3N2O2+. The van der Waals surface area contributed by atoms with Crippen molar-refractivity contribution in [2.75, 3.05) is 12.4 Å². The Morgan fingerprint density at radius 1 is 1.62 bits per heavy atom. The van der Waals surface area contributed by atoms with E-state index in [0.29, 0.717) is 0 Å². The van der Waals surface area contributed by atoms with E-state index in [1.807, 2.05) is 0 Å². The van der Waals surface area contributed by atoms with E-state index in [9.17, 15) is 18.0 Å². The molecule has 8 heteroatoms. The Hall–Kier alpha value is -0.530. The number of carbonyl (C=O) groups excluding carboxylic acids is 1. The molecule has 4 N–H and O–H groups in total. The Morgan fingerprint density at radius 2 is 2.08 bits per heavy atom. The quantitative estimate of drug-likeness (QED) is 0.387. The lowest BCUT2D eigenvalue weighted by atomic mass is 10.3. The van der Waals surface area contributed by atoms with Gasteiger partial charge in [0.15, 0.2) is 6.04 Å². The van der Waals surface area contributed by atoms with Crippen LogP contribution in [0, 0.1) is 0 Å². The van der Waals surface area contributed by atoms with Crippen molar-refractivity contribution < 1.29 is 28.9 Å². The van der Waals surface area contributed by atoms with Crippen molar-refractivity contribution in [2.24, 2.45) is 0 Å². The van der Waals surface area contributed by atoms with Crippen molar-refractivity contribution in [3.8, 4) is 0 Å². The van der Waals surface area contributed by atoms with Gasteiger partial charge in [0.1, 0.15) is 6.54 Å². The highest BCUT2D eigenvalue weighted by Crippen LogP contribution is 2.15. The van der Waals surface area contributed by atoms with Crippen LogP contribution in [0.25, 0.3) is 0 Å². The minimum atomic E-state index is -4.63. The maximum Gasteiger partial charge on any atom is 0.408 e. The zero-order valence-electron chi connectivity index (χ0n) is 6.51. The van der Waals surface area contributed by atoms with Crippen molar-refractivity contribution in [3.63, 3.8) is 0 Å². The van der Waals surface area contributed by atoms with E-state index in [2.05, 4.69) is 5.73 Å². The molecule has 0 bridgehead atoms. The van der Waals surface area contributed by atoms with E-state index in [0.717, 1.165) is 0 Å². The highest BCUT2D eigenvalue weighted by atomic mass is 35.5. The molecule has 1 unspecified atom stereocenters. The first-order chi connectivity index (χ1) is 5.78. The number of amides is 1. The van der Waals surface area contributed by atoms with Gasteiger partial charge >= 0.3 is 12.1 Å². The lowest BCUT2D eigenvalue weighted by Gasteiger charge is -2.17. The van der Waals surface area contributed by atoms with Crippen LogP contribution in [0.3, 0.4) is 0 Å². The van der Waals surface area contributed by atoms with Crippen LogP contribution in [-0.2, 0) is 4.79 Å². The molecule has 0 saturated carbocycles. The summed E-state index contributed by atoms with van der Waals surface area (Å²) in [4.78, 5) is 10.8. The minimum Gasteiger partial charge on any atom is -0.346 e. The van der Waals surface area contributed by atoms with Gasteiger partial charge in [0, 0.05) is 0 Å². The Kier molecular flexibility index (Phi) is 4.45. The Balaban J connectivity index is 4.12. The summed E-state index contributed by atoms with van der Waals surface area (Å²) < 4.78 is 34.9. The zero-order chi connectivity index (χ0) is 10.6. The molecule has 1 atom stereocenters. The number of carbonyl (C=O) groups is 1. The third-order valence-corrected chi connectivity index (χ3v) is 1.49. The highest BCUT2D eigenvalue weighted by molar-refractivity contribution is 6.19. The van der Waals surface area contributed by atoms with Gasteiger partial charge in [-0.1, -0.05) is 0 Å². The summed E-state index contributed by atoms with van der Waals surface area (Å²) in [6.07, 6.45) is -4.63. The van der Waals surface area contributed by atoms with Crippen molar-refractivity contribution >= 4 is 17.5 Å². The molecule has 0 aliphatic heterocycles. The molecule has 0 aromatic rings. The van der Waals surface area contributed by atoms with E-state index in [-0.39, 0.29) is 5.88 Å². The number of halogens is 4. The first-order valence-electron chi connectivity index (χ1n) is 3.24. The van der Waals surface area contributed by atoms with Crippen molar-refractivity contribution in [3.05, 3.63) is 0 Å². The molecule has 0 aliphatic rings. The van der Waals surface area contributed by atoms with Crippen molar-refractivity contribution in [1.82, 2.24) is 5.06 Å². The summed E-state index contributed by atoms with van der Waals surface area (Å²) in [7, 11) is 0. The standard InChI is InChI=1S/C5H8ClF3N2O2/c6-1-3(10)4(12)11(13)2-5(7,8)9/h3,13H,1-2,10H2/p+1. The summed E-state index contributed by atoms with van der Waals surface area (Å²) in [5, 5.41) is 8.19. The van der Waals surface area contributed by atoms with E-state index in [1.165, 1.54) is 0 Å². The normalized spacial score (nSPS) is 14.0. The largest absolute Gasteiger partial charge is 0.408 e. The second-order valence-corrected chi connectivity index (χ2v) is 2.67. The van der Waals surface area contributed by atoms with E-state index in [1.54, 1.807) is 0 Å². The molecule has 0 fully saturated rings. The van der Waals surface area contributed by atoms with Gasteiger partial charge in [0.25, 0.3) is 0 Å².